The normalized spacial score (nSPS) is 10.5. The fourth-order valence-corrected chi connectivity index (χ4v) is 1.76. The molecule has 0 fully saturated rings. The smallest absolute Gasteiger partial charge is 0.221 e. The van der Waals surface area contributed by atoms with E-state index >= 15 is 0 Å². The number of nitrogen functional groups attached to an aromatic ring is 1. The van der Waals surface area contributed by atoms with Gasteiger partial charge in [0.2, 0.25) is 5.91 Å². The highest BCUT2D eigenvalue weighted by Gasteiger charge is 2.09. The van der Waals surface area contributed by atoms with E-state index < -0.39 is 0 Å². The number of nitrogens with one attached hydrogen (secondary N) is 2. The number of hydrogen-bond donors (Lipinski definition) is 3. The molecule has 1 aromatic rings. The van der Waals surface area contributed by atoms with Gasteiger partial charge in [0.15, 0.2) is 0 Å². The van der Waals surface area contributed by atoms with Crippen molar-refractivity contribution < 1.29 is 4.79 Å². The van der Waals surface area contributed by atoms with Gasteiger partial charge < -0.3 is 16.4 Å². The van der Waals surface area contributed by atoms with Crippen molar-refractivity contribution >= 4 is 17.5 Å². The zero-order valence-electron chi connectivity index (χ0n) is 11.9. The Hall–Kier alpha value is -1.85. The summed E-state index contributed by atoms with van der Waals surface area (Å²) in [6.45, 7) is 6.49. The first kappa shape index (κ1) is 15.2. The summed E-state index contributed by atoms with van der Waals surface area (Å²) in [5.74, 6) is 1.26. The van der Waals surface area contributed by atoms with Crippen LogP contribution in [0.4, 0.5) is 11.6 Å². The van der Waals surface area contributed by atoms with E-state index in [1.165, 1.54) is 6.33 Å². The quantitative estimate of drug-likeness (QED) is 0.691. The van der Waals surface area contributed by atoms with Crippen molar-refractivity contribution in [3.63, 3.8) is 0 Å². The molecule has 0 radical (unpaired) electrons. The van der Waals surface area contributed by atoms with E-state index in [2.05, 4.69) is 27.5 Å². The molecule has 1 rings (SSSR count). The van der Waals surface area contributed by atoms with E-state index in [1.54, 1.807) is 0 Å². The van der Waals surface area contributed by atoms with Crippen LogP contribution >= 0.6 is 0 Å². The predicted octanol–water partition coefficient (Wildman–Crippen LogP) is 1.34. The fraction of sp³-hybridized carbons (Fsp3) is 0.615. The van der Waals surface area contributed by atoms with Crippen LogP contribution in [0, 0.1) is 0 Å². The summed E-state index contributed by atoms with van der Waals surface area (Å²) in [5, 5.41) is 5.99. The summed E-state index contributed by atoms with van der Waals surface area (Å²) in [5.41, 5.74) is 6.76. The molecule has 0 aliphatic rings. The maximum absolute atomic E-state index is 11.5. The minimum absolute atomic E-state index is 0.0292. The maximum Gasteiger partial charge on any atom is 0.221 e. The van der Waals surface area contributed by atoms with E-state index in [-0.39, 0.29) is 11.9 Å². The predicted molar refractivity (Wildman–Crippen MR) is 76.8 cm³/mol. The molecule has 4 N–H and O–H groups in total. The zero-order chi connectivity index (χ0) is 14.3. The van der Waals surface area contributed by atoms with E-state index in [1.807, 2.05) is 13.8 Å². The third-order valence-electron chi connectivity index (χ3n) is 2.57. The molecule has 6 heteroatoms. The SMILES string of the molecule is CCCc1c(N)ncnc1NCCC(=O)NC(C)C. The van der Waals surface area contributed by atoms with Crippen LogP contribution in [-0.2, 0) is 11.2 Å². The van der Waals surface area contributed by atoms with Crippen LogP contribution in [0.25, 0.3) is 0 Å². The molecule has 0 aliphatic carbocycles. The third kappa shape index (κ3) is 5.11. The molecule has 106 valence electrons. The average Bonchev–Trinajstić information content (AvgIpc) is 2.32. The summed E-state index contributed by atoms with van der Waals surface area (Å²) in [6, 6.07) is 0.165. The number of anilines is 2. The van der Waals surface area contributed by atoms with Gasteiger partial charge >= 0.3 is 0 Å². The Morgan fingerprint density at radius 1 is 1.42 bits per heavy atom. The Labute approximate surface area is 114 Å². The first-order valence-corrected chi connectivity index (χ1v) is 6.67. The summed E-state index contributed by atoms with van der Waals surface area (Å²) >= 11 is 0. The largest absolute Gasteiger partial charge is 0.383 e. The molecule has 0 aliphatic heterocycles. The lowest BCUT2D eigenvalue weighted by Gasteiger charge is -2.12. The standard InChI is InChI=1S/C13H23N5O/c1-4-5-10-12(14)16-8-17-13(10)15-7-6-11(19)18-9(2)3/h8-9H,4-7H2,1-3H3,(H,18,19)(H3,14,15,16,17). The topological polar surface area (TPSA) is 92.9 Å². The average molecular weight is 265 g/mol. The minimum atomic E-state index is 0.0292. The number of nitrogens with zero attached hydrogens (tertiary/aromatic N) is 2. The second-order valence-corrected chi connectivity index (χ2v) is 4.74. The number of nitrogens with two attached hydrogens (primary N) is 1. The zero-order valence-corrected chi connectivity index (χ0v) is 11.9. The van der Waals surface area contributed by atoms with Crippen LogP contribution in [0.5, 0.6) is 0 Å². The summed E-state index contributed by atoms with van der Waals surface area (Å²) in [7, 11) is 0. The highest BCUT2D eigenvalue weighted by Crippen LogP contribution is 2.18. The van der Waals surface area contributed by atoms with Gasteiger partial charge in [0.25, 0.3) is 0 Å². The lowest BCUT2D eigenvalue weighted by atomic mass is 10.1. The fourth-order valence-electron chi connectivity index (χ4n) is 1.76. The molecular formula is C13H23N5O. The third-order valence-corrected chi connectivity index (χ3v) is 2.57. The van der Waals surface area contributed by atoms with Crippen LogP contribution in [0.1, 0.15) is 39.2 Å². The maximum atomic E-state index is 11.5. The van der Waals surface area contributed by atoms with E-state index in [4.69, 9.17) is 5.73 Å². The molecule has 0 atom stereocenters. The van der Waals surface area contributed by atoms with Crippen molar-refractivity contribution in [2.75, 3.05) is 17.6 Å². The van der Waals surface area contributed by atoms with Gasteiger partial charge in [-0.05, 0) is 20.3 Å². The van der Waals surface area contributed by atoms with Crippen molar-refractivity contribution in [2.45, 2.75) is 46.1 Å². The molecule has 19 heavy (non-hydrogen) atoms. The van der Waals surface area contributed by atoms with Gasteiger partial charge in [0.1, 0.15) is 18.0 Å². The first-order valence-electron chi connectivity index (χ1n) is 6.67. The Kier molecular flexibility index (Phi) is 6.05. The van der Waals surface area contributed by atoms with Gasteiger partial charge in [0.05, 0.1) is 0 Å². The van der Waals surface area contributed by atoms with Crippen LogP contribution in [0.3, 0.4) is 0 Å². The highest BCUT2D eigenvalue weighted by atomic mass is 16.1. The molecule has 6 nitrogen and oxygen atoms in total. The molecule has 0 bridgehead atoms. The van der Waals surface area contributed by atoms with Crippen molar-refractivity contribution in [1.29, 1.82) is 0 Å². The molecule has 1 aromatic heterocycles. The van der Waals surface area contributed by atoms with Gasteiger partial charge in [-0.2, -0.15) is 0 Å². The summed E-state index contributed by atoms with van der Waals surface area (Å²) < 4.78 is 0. The highest BCUT2D eigenvalue weighted by molar-refractivity contribution is 5.76. The van der Waals surface area contributed by atoms with Gasteiger partial charge in [-0.3, -0.25) is 4.79 Å². The molecule has 1 amide bonds. The molecule has 0 aromatic carbocycles. The number of carbonyl (C=O) groups excluding carboxylic acids is 1. The Bertz CT molecular complexity index is 419. The van der Waals surface area contributed by atoms with Gasteiger partial charge in [-0.1, -0.05) is 13.3 Å². The molecular weight excluding hydrogens is 242 g/mol. The monoisotopic (exact) mass is 265 g/mol. The first-order chi connectivity index (χ1) is 9.04. The molecule has 0 saturated heterocycles. The van der Waals surface area contributed by atoms with Crippen LogP contribution in [0.15, 0.2) is 6.33 Å². The van der Waals surface area contributed by atoms with Gasteiger partial charge in [-0.25, -0.2) is 9.97 Å². The number of carbonyl (C=O) groups is 1. The Morgan fingerprint density at radius 2 is 2.16 bits per heavy atom. The second-order valence-electron chi connectivity index (χ2n) is 4.74. The lowest BCUT2D eigenvalue weighted by molar-refractivity contribution is -0.121. The van der Waals surface area contributed by atoms with Gasteiger partial charge in [-0.15, -0.1) is 0 Å². The van der Waals surface area contributed by atoms with E-state index in [9.17, 15) is 4.79 Å². The molecule has 1 heterocycles. The van der Waals surface area contributed by atoms with Crippen LogP contribution in [0.2, 0.25) is 0 Å². The minimum Gasteiger partial charge on any atom is -0.383 e. The van der Waals surface area contributed by atoms with Crippen molar-refractivity contribution in [3.05, 3.63) is 11.9 Å². The van der Waals surface area contributed by atoms with Crippen molar-refractivity contribution in [1.82, 2.24) is 15.3 Å². The molecule has 0 saturated carbocycles. The lowest BCUT2D eigenvalue weighted by Crippen LogP contribution is -2.31. The molecule has 0 unspecified atom stereocenters. The van der Waals surface area contributed by atoms with E-state index in [0.29, 0.717) is 18.8 Å². The Balaban J connectivity index is 2.53. The molecule has 0 spiro atoms. The van der Waals surface area contributed by atoms with Crippen LogP contribution < -0.4 is 16.4 Å². The number of rotatable bonds is 7. The van der Waals surface area contributed by atoms with E-state index in [0.717, 1.165) is 24.2 Å². The summed E-state index contributed by atoms with van der Waals surface area (Å²) in [4.78, 5) is 19.7. The second kappa shape index (κ2) is 7.56. The number of amides is 1. The van der Waals surface area contributed by atoms with Crippen molar-refractivity contribution in [2.24, 2.45) is 0 Å². The summed E-state index contributed by atoms with van der Waals surface area (Å²) in [6.07, 6.45) is 3.64. The van der Waals surface area contributed by atoms with Crippen LogP contribution in [-0.4, -0.2) is 28.5 Å². The number of aromatic nitrogens is 2. The number of hydrogen-bond acceptors (Lipinski definition) is 5. The van der Waals surface area contributed by atoms with Gasteiger partial charge in [0, 0.05) is 24.6 Å². The van der Waals surface area contributed by atoms with Crippen molar-refractivity contribution in [3.8, 4) is 0 Å². The Morgan fingerprint density at radius 3 is 2.79 bits per heavy atom.